The third kappa shape index (κ3) is 3.17. The molecule has 1 aliphatic carbocycles. The van der Waals surface area contributed by atoms with Crippen molar-refractivity contribution in [2.24, 2.45) is 12.8 Å². The first-order chi connectivity index (χ1) is 14.4. The molecule has 0 aliphatic heterocycles. The van der Waals surface area contributed by atoms with Crippen LogP contribution in [0.5, 0.6) is 5.75 Å². The number of hydrogen-bond donors (Lipinski definition) is 3. The number of amides is 1. The standard InChI is InChI=1S/C18H18N8O4/c1-26-21-8-11(25-26)9-3-6-20-15(14(9)30-2)22-10-7-12(18(4-5-18)17(19)29)23-24-13(10)16(27)28/h3,6-8H,4-5H2,1-2H3,(H2,19,29)(H,27,28)(H,20,22,23). The number of rotatable bonds is 7. The molecule has 154 valence electrons. The number of nitrogens with two attached hydrogens (primary N) is 1. The van der Waals surface area contributed by atoms with E-state index in [0.29, 0.717) is 35.5 Å². The van der Waals surface area contributed by atoms with Crippen LogP contribution in [0.1, 0.15) is 29.0 Å². The third-order valence-electron chi connectivity index (χ3n) is 4.95. The molecule has 3 aromatic heterocycles. The fraction of sp³-hybridized carbons (Fsp3) is 0.278. The number of carbonyl (C=O) groups is 2. The molecule has 0 aromatic carbocycles. The second-order valence-corrected chi connectivity index (χ2v) is 6.83. The van der Waals surface area contributed by atoms with Crippen LogP contribution in [0.2, 0.25) is 0 Å². The van der Waals surface area contributed by atoms with Gasteiger partial charge in [0.05, 0.1) is 35.7 Å². The number of aromatic nitrogens is 6. The zero-order valence-corrected chi connectivity index (χ0v) is 16.2. The summed E-state index contributed by atoms with van der Waals surface area (Å²) in [6, 6.07) is 3.17. The number of aromatic carboxylic acids is 1. The molecular weight excluding hydrogens is 392 g/mol. The van der Waals surface area contributed by atoms with Gasteiger partial charge >= 0.3 is 5.97 Å². The lowest BCUT2D eigenvalue weighted by molar-refractivity contribution is -0.120. The fourth-order valence-electron chi connectivity index (χ4n) is 3.17. The van der Waals surface area contributed by atoms with E-state index in [1.165, 1.54) is 24.2 Å². The second-order valence-electron chi connectivity index (χ2n) is 6.83. The molecule has 4 rings (SSSR count). The van der Waals surface area contributed by atoms with Crippen molar-refractivity contribution < 1.29 is 19.4 Å². The smallest absolute Gasteiger partial charge is 0.358 e. The van der Waals surface area contributed by atoms with Gasteiger partial charge in [-0.15, -0.1) is 5.10 Å². The monoisotopic (exact) mass is 410 g/mol. The predicted molar refractivity (Wildman–Crippen MR) is 103 cm³/mol. The summed E-state index contributed by atoms with van der Waals surface area (Å²) in [4.78, 5) is 29.2. The molecule has 30 heavy (non-hydrogen) atoms. The van der Waals surface area contributed by atoms with Crippen molar-refractivity contribution in [2.45, 2.75) is 18.3 Å². The number of aryl methyl sites for hydroxylation is 1. The molecule has 0 bridgehead atoms. The maximum atomic E-state index is 11.8. The molecule has 1 fully saturated rings. The lowest BCUT2D eigenvalue weighted by atomic mass is 10.0. The predicted octanol–water partition coefficient (Wildman–Crippen LogP) is 0.634. The van der Waals surface area contributed by atoms with Gasteiger partial charge in [-0.2, -0.15) is 20.1 Å². The molecule has 3 heterocycles. The van der Waals surface area contributed by atoms with Crippen LogP contribution in [-0.4, -0.2) is 54.3 Å². The SMILES string of the molecule is COc1c(-c2cnn(C)n2)ccnc1Nc1cc(C2(C(N)=O)CC2)nnc1C(=O)O. The van der Waals surface area contributed by atoms with Crippen molar-refractivity contribution in [3.63, 3.8) is 0 Å². The summed E-state index contributed by atoms with van der Waals surface area (Å²) < 4.78 is 5.50. The van der Waals surface area contributed by atoms with Gasteiger partial charge in [0.1, 0.15) is 5.69 Å². The maximum Gasteiger partial charge on any atom is 0.358 e. The van der Waals surface area contributed by atoms with Crippen molar-refractivity contribution in [1.82, 2.24) is 30.2 Å². The minimum atomic E-state index is -1.29. The van der Waals surface area contributed by atoms with E-state index < -0.39 is 17.3 Å². The van der Waals surface area contributed by atoms with Crippen molar-refractivity contribution >= 4 is 23.4 Å². The van der Waals surface area contributed by atoms with Crippen LogP contribution in [0, 0.1) is 0 Å². The first-order valence-electron chi connectivity index (χ1n) is 8.94. The van der Waals surface area contributed by atoms with Crippen LogP contribution in [0.25, 0.3) is 11.3 Å². The molecule has 3 aromatic rings. The van der Waals surface area contributed by atoms with Crippen molar-refractivity contribution in [3.05, 3.63) is 35.9 Å². The van der Waals surface area contributed by atoms with Crippen LogP contribution in [0.4, 0.5) is 11.5 Å². The van der Waals surface area contributed by atoms with Crippen molar-refractivity contribution in [3.8, 4) is 17.0 Å². The summed E-state index contributed by atoms with van der Waals surface area (Å²) in [7, 11) is 3.15. The van der Waals surface area contributed by atoms with Crippen LogP contribution in [0.15, 0.2) is 24.5 Å². The number of pyridine rings is 1. The van der Waals surface area contributed by atoms with E-state index in [-0.39, 0.29) is 17.2 Å². The molecule has 4 N–H and O–H groups in total. The van der Waals surface area contributed by atoms with E-state index >= 15 is 0 Å². The van der Waals surface area contributed by atoms with Gasteiger partial charge in [0.2, 0.25) is 5.91 Å². The summed E-state index contributed by atoms with van der Waals surface area (Å²) in [5.74, 6) is -1.23. The Kier molecular flexibility index (Phi) is 4.53. The first-order valence-corrected chi connectivity index (χ1v) is 8.94. The topological polar surface area (TPSA) is 171 Å². The molecule has 0 atom stereocenters. The van der Waals surface area contributed by atoms with E-state index in [2.05, 4.69) is 30.7 Å². The number of ether oxygens (including phenoxy) is 1. The van der Waals surface area contributed by atoms with Crippen LogP contribution < -0.4 is 15.8 Å². The van der Waals surface area contributed by atoms with Crippen molar-refractivity contribution in [2.75, 3.05) is 12.4 Å². The number of carbonyl (C=O) groups excluding carboxylic acids is 1. The molecule has 12 nitrogen and oxygen atoms in total. The van der Waals surface area contributed by atoms with Gasteiger partial charge < -0.3 is 20.9 Å². The van der Waals surface area contributed by atoms with Gasteiger partial charge in [0.25, 0.3) is 0 Å². The van der Waals surface area contributed by atoms with Crippen molar-refractivity contribution in [1.29, 1.82) is 0 Å². The number of carboxylic acids is 1. The van der Waals surface area contributed by atoms with Gasteiger partial charge in [-0.3, -0.25) is 4.79 Å². The lowest BCUT2D eigenvalue weighted by Crippen LogP contribution is -2.30. The second kappa shape index (κ2) is 7.06. The summed E-state index contributed by atoms with van der Waals surface area (Å²) in [6.45, 7) is 0. The lowest BCUT2D eigenvalue weighted by Gasteiger charge is -2.16. The van der Waals surface area contributed by atoms with Gasteiger partial charge in [-0.1, -0.05) is 0 Å². The summed E-state index contributed by atoms with van der Waals surface area (Å²) >= 11 is 0. The van der Waals surface area contributed by atoms with Gasteiger partial charge in [-0.05, 0) is 25.0 Å². The first kappa shape index (κ1) is 19.2. The summed E-state index contributed by atoms with van der Waals surface area (Å²) in [5, 5.41) is 28.5. The zero-order valence-electron chi connectivity index (χ0n) is 16.2. The Balaban J connectivity index is 1.79. The number of nitrogens with one attached hydrogen (secondary N) is 1. The Labute approximate surface area is 170 Å². The van der Waals surface area contributed by atoms with Crippen LogP contribution in [-0.2, 0) is 17.3 Å². The minimum absolute atomic E-state index is 0.113. The number of nitrogens with zero attached hydrogens (tertiary/aromatic N) is 6. The van der Waals surface area contributed by atoms with E-state index in [0.717, 1.165) is 0 Å². The fourth-order valence-corrected chi connectivity index (χ4v) is 3.17. The van der Waals surface area contributed by atoms with E-state index in [9.17, 15) is 14.7 Å². The van der Waals surface area contributed by atoms with Gasteiger partial charge in [0, 0.05) is 13.2 Å². The highest BCUT2D eigenvalue weighted by molar-refractivity contribution is 5.94. The molecule has 12 heteroatoms. The molecule has 1 aliphatic rings. The number of hydrogen-bond acceptors (Lipinski definition) is 9. The summed E-state index contributed by atoms with van der Waals surface area (Å²) in [5.41, 5.74) is 5.85. The average molecular weight is 410 g/mol. The zero-order chi connectivity index (χ0) is 21.5. The van der Waals surface area contributed by atoms with Crippen LogP contribution in [0.3, 0.4) is 0 Å². The van der Waals surface area contributed by atoms with E-state index in [4.69, 9.17) is 10.5 Å². The largest absolute Gasteiger partial charge is 0.492 e. The Bertz CT molecular complexity index is 1150. The highest BCUT2D eigenvalue weighted by Gasteiger charge is 2.52. The normalized spacial score (nSPS) is 14.2. The number of primary amides is 1. The third-order valence-corrected chi connectivity index (χ3v) is 4.95. The van der Waals surface area contributed by atoms with Gasteiger partial charge in [0.15, 0.2) is 17.3 Å². The minimum Gasteiger partial charge on any atom is -0.492 e. The molecule has 1 saturated carbocycles. The Morgan fingerprint density at radius 1 is 1.33 bits per heavy atom. The maximum absolute atomic E-state index is 11.8. The van der Waals surface area contributed by atoms with E-state index in [1.807, 2.05) is 0 Å². The Hall–Kier alpha value is -4.09. The highest BCUT2D eigenvalue weighted by atomic mass is 16.5. The van der Waals surface area contributed by atoms with E-state index in [1.54, 1.807) is 19.3 Å². The molecule has 1 amide bonds. The quantitative estimate of drug-likeness (QED) is 0.502. The summed E-state index contributed by atoms with van der Waals surface area (Å²) in [6.07, 6.45) is 4.16. The Morgan fingerprint density at radius 3 is 2.67 bits per heavy atom. The number of anilines is 2. The molecule has 0 radical (unpaired) electrons. The number of methoxy groups -OCH3 is 1. The number of carboxylic acid groups (broad SMARTS) is 1. The molecule has 0 unspecified atom stereocenters. The van der Waals surface area contributed by atoms with Gasteiger partial charge in [-0.25, -0.2) is 9.78 Å². The average Bonchev–Trinajstić information content (AvgIpc) is 3.43. The molecule has 0 saturated heterocycles. The highest BCUT2D eigenvalue weighted by Crippen LogP contribution is 2.47. The van der Waals surface area contributed by atoms with Crippen LogP contribution >= 0.6 is 0 Å². The molecular formula is C18H18N8O4. The Morgan fingerprint density at radius 2 is 2.10 bits per heavy atom. The molecule has 0 spiro atoms.